The number of carbonyl (C=O) groups excluding carboxylic acids is 1. The molecule has 0 bridgehead atoms. The summed E-state index contributed by atoms with van der Waals surface area (Å²) in [5, 5.41) is 0. The average Bonchev–Trinajstić information content (AvgIpc) is 3.08. The van der Waals surface area contributed by atoms with Gasteiger partial charge in [-0.1, -0.05) is 207 Å². The van der Waals surface area contributed by atoms with Crippen LogP contribution in [0.4, 0.5) is 0 Å². The lowest BCUT2D eigenvalue weighted by atomic mass is 10.1. The third-order valence-corrected chi connectivity index (χ3v) is 13.4. The van der Waals surface area contributed by atoms with Crippen LogP contribution in [0.2, 0.25) is 0 Å². The Hall–Kier alpha value is 0.520. The lowest BCUT2D eigenvalue weighted by Gasteiger charge is -2.24. The zero-order chi connectivity index (χ0) is 34.3. The molecule has 0 rings (SSSR count). The second-order valence-corrected chi connectivity index (χ2v) is 17.9. The lowest BCUT2D eigenvalue weighted by Crippen LogP contribution is -2.25. The van der Waals surface area contributed by atoms with Gasteiger partial charge in [0.05, 0.1) is 22.5 Å². The minimum absolute atomic E-state index is 0.0291. The van der Waals surface area contributed by atoms with Crippen molar-refractivity contribution in [3.05, 3.63) is 0 Å². The summed E-state index contributed by atoms with van der Waals surface area (Å²) in [5.41, 5.74) is 0. The van der Waals surface area contributed by atoms with E-state index in [1.54, 1.807) is 0 Å². The van der Waals surface area contributed by atoms with Gasteiger partial charge in [0.15, 0.2) is 0 Å². The van der Waals surface area contributed by atoms with Crippen LogP contribution in [-0.4, -0.2) is 27.8 Å². The van der Waals surface area contributed by atoms with Crippen molar-refractivity contribution in [2.75, 3.05) is 17.3 Å². The summed E-state index contributed by atoms with van der Waals surface area (Å²) >= 11 is 5.57. The molecule has 0 aliphatic rings. The first-order valence-electron chi connectivity index (χ1n) is 21.3. The molecule has 0 aromatic carbocycles. The van der Waals surface area contributed by atoms with E-state index in [1.807, 2.05) is 0 Å². The molecule has 0 aliphatic heterocycles. The Morgan fingerprint density at radius 2 is 0.702 bits per heavy atom. The fourth-order valence-electron chi connectivity index (χ4n) is 6.34. The van der Waals surface area contributed by atoms with Crippen molar-refractivity contribution < 1.29 is 8.98 Å². The number of hydrogen-bond donors (Lipinski definition) is 0. The minimum Gasteiger partial charge on any atom is -0.391 e. The molecule has 0 heterocycles. The Kier molecular flexibility index (Phi) is 41.4. The molecule has 0 saturated carbocycles. The van der Waals surface area contributed by atoms with Gasteiger partial charge in [0.25, 0.3) is 0 Å². The van der Waals surface area contributed by atoms with E-state index in [0.717, 1.165) is 25.0 Å². The summed E-state index contributed by atoms with van der Waals surface area (Å²) in [7, 11) is 0. The Bertz CT molecular complexity index is 576. The Morgan fingerprint density at radius 1 is 0.404 bits per heavy atom. The molecule has 0 spiro atoms. The van der Waals surface area contributed by atoms with Gasteiger partial charge >= 0.3 is 5.97 Å². The van der Waals surface area contributed by atoms with Gasteiger partial charge in [0, 0.05) is 5.75 Å². The molecule has 0 aliphatic carbocycles. The fraction of sp³-hybridized carbons (Fsp3) is 0.976. The lowest BCUT2D eigenvalue weighted by molar-refractivity contribution is -0.137. The molecule has 282 valence electrons. The van der Waals surface area contributed by atoms with Crippen LogP contribution < -0.4 is 0 Å². The Labute approximate surface area is 310 Å². The maximum absolute atomic E-state index is 13.4. The van der Waals surface area contributed by atoms with Gasteiger partial charge in [-0.3, -0.25) is 4.79 Å². The highest BCUT2D eigenvalue weighted by atomic mass is 32.2. The van der Waals surface area contributed by atoms with E-state index in [0.29, 0.717) is 4.58 Å². The molecule has 47 heavy (non-hydrogen) atoms. The first-order valence-corrected chi connectivity index (χ1v) is 24.3. The summed E-state index contributed by atoms with van der Waals surface area (Å²) in [6, 6.07) is 0. The van der Waals surface area contributed by atoms with E-state index >= 15 is 0 Å². The highest BCUT2D eigenvalue weighted by Crippen LogP contribution is 2.36. The van der Waals surface area contributed by atoms with Crippen molar-refractivity contribution >= 4 is 41.5 Å². The second-order valence-electron chi connectivity index (χ2n) is 14.3. The third kappa shape index (κ3) is 34.7. The molecule has 5 heteroatoms. The van der Waals surface area contributed by atoms with E-state index in [9.17, 15) is 4.79 Å². The van der Waals surface area contributed by atoms with Crippen LogP contribution in [0, 0.1) is 5.92 Å². The topological polar surface area (TPSA) is 26.3 Å². The first-order chi connectivity index (χ1) is 23.2. The van der Waals surface area contributed by atoms with Crippen molar-refractivity contribution in [2.45, 2.75) is 238 Å². The maximum Gasteiger partial charge on any atom is 0.322 e. The van der Waals surface area contributed by atoms with E-state index in [-0.39, 0.29) is 11.9 Å². The van der Waals surface area contributed by atoms with Crippen LogP contribution in [0.25, 0.3) is 0 Å². The van der Waals surface area contributed by atoms with Crippen LogP contribution in [0.1, 0.15) is 233 Å². The summed E-state index contributed by atoms with van der Waals surface area (Å²) in [6.07, 6.45) is 43.1. The summed E-state index contributed by atoms with van der Waals surface area (Å²) in [6.45, 7) is 9.11. The molecule has 0 aromatic rings. The summed E-state index contributed by atoms with van der Waals surface area (Å²) in [5.74, 6) is 3.40. The van der Waals surface area contributed by atoms with Crippen LogP contribution in [0.15, 0.2) is 0 Å². The standard InChI is InChI=1S/C42H84O2S3/c1-5-9-12-15-18-21-24-27-30-33-37-45-42(46-38-34-31-28-25-22-19-16-13-10-6-2)40(36-8-4)41(43)44-47-39-35-32-29-26-23-20-17-14-11-7-3/h40,42H,5-39H2,1-4H3. The highest BCUT2D eigenvalue weighted by molar-refractivity contribution is 8.17. The Balaban J connectivity index is 4.46. The minimum atomic E-state index is 0.0291. The fourth-order valence-corrected chi connectivity index (χ4v) is 10.1. The zero-order valence-electron chi connectivity index (χ0n) is 32.4. The van der Waals surface area contributed by atoms with Gasteiger partial charge < -0.3 is 4.18 Å². The number of hydrogen-bond acceptors (Lipinski definition) is 5. The molecule has 0 fully saturated rings. The molecule has 0 aromatic heterocycles. The SMILES string of the molecule is CCCCCCCCCCCCSOC(=O)C(CCC)C(SCCCCCCCCCCCC)SCCCCCCCCCCCC. The van der Waals surface area contributed by atoms with Gasteiger partial charge in [-0.2, -0.15) is 0 Å². The molecule has 0 N–H and O–H groups in total. The zero-order valence-corrected chi connectivity index (χ0v) is 34.9. The van der Waals surface area contributed by atoms with Crippen LogP contribution in [0.5, 0.6) is 0 Å². The highest BCUT2D eigenvalue weighted by Gasteiger charge is 2.30. The number of unbranched alkanes of at least 4 members (excludes halogenated alkanes) is 27. The van der Waals surface area contributed by atoms with Crippen molar-refractivity contribution in [1.82, 2.24) is 0 Å². The van der Waals surface area contributed by atoms with Crippen molar-refractivity contribution in [1.29, 1.82) is 0 Å². The van der Waals surface area contributed by atoms with E-state index in [4.69, 9.17) is 4.18 Å². The van der Waals surface area contributed by atoms with Gasteiger partial charge in [0.1, 0.15) is 0 Å². The van der Waals surface area contributed by atoms with Crippen molar-refractivity contribution in [3.8, 4) is 0 Å². The van der Waals surface area contributed by atoms with Crippen LogP contribution in [-0.2, 0) is 8.98 Å². The average molecular weight is 717 g/mol. The molecule has 2 nitrogen and oxygen atoms in total. The first kappa shape index (κ1) is 47.5. The summed E-state index contributed by atoms with van der Waals surface area (Å²) < 4.78 is 6.23. The van der Waals surface area contributed by atoms with Gasteiger partial charge in [-0.25, -0.2) is 0 Å². The Morgan fingerprint density at radius 3 is 1.02 bits per heavy atom. The maximum atomic E-state index is 13.4. The number of rotatable bonds is 40. The molecule has 0 amide bonds. The van der Waals surface area contributed by atoms with Gasteiger partial charge in [0.2, 0.25) is 0 Å². The summed E-state index contributed by atoms with van der Waals surface area (Å²) in [4.78, 5) is 13.4. The normalized spacial score (nSPS) is 12.3. The molecular weight excluding hydrogens is 633 g/mol. The van der Waals surface area contributed by atoms with E-state index in [1.165, 1.54) is 210 Å². The smallest absolute Gasteiger partial charge is 0.322 e. The van der Waals surface area contributed by atoms with Crippen LogP contribution in [0.3, 0.4) is 0 Å². The molecule has 1 unspecified atom stereocenters. The van der Waals surface area contributed by atoms with Crippen LogP contribution >= 0.6 is 35.6 Å². The molecule has 0 saturated heterocycles. The predicted octanol–water partition coefficient (Wildman–Crippen LogP) is 16.1. The number of carbonyl (C=O) groups is 1. The van der Waals surface area contributed by atoms with Gasteiger partial charge in [-0.15, -0.1) is 23.5 Å². The van der Waals surface area contributed by atoms with Gasteiger partial charge in [-0.05, 0) is 37.2 Å². The largest absolute Gasteiger partial charge is 0.391 e. The van der Waals surface area contributed by atoms with E-state index < -0.39 is 0 Å². The monoisotopic (exact) mass is 717 g/mol. The third-order valence-electron chi connectivity index (χ3n) is 9.51. The van der Waals surface area contributed by atoms with Crippen molar-refractivity contribution in [2.24, 2.45) is 5.92 Å². The number of thioether (sulfide) groups is 2. The quantitative estimate of drug-likeness (QED) is 0.0357. The predicted molar refractivity (Wildman–Crippen MR) is 221 cm³/mol. The molecular formula is C42H84O2S3. The molecule has 0 radical (unpaired) electrons. The second kappa shape index (κ2) is 40.9. The van der Waals surface area contributed by atoms with E-state index in [2.05, 4.69) is 51.2 Å². The molecule has 1 atom stereocenters. The van der Waals surface area contributed by atoms with Crippen molar-refractivity contribution in [3.63, 3.8) is 0 Å².